The van der Waals surface area contributed by atoms with Crippen LogP contribution in [0.4, 0.5) is 5.69 Å². The number of aliphatic carboxylic acids is 1. The van der Waals surface area contributed by atoms with E-state index in [1.54, 1.807) is 6.20 Å². The first-order chi connectivity index (χ1) is 12.6. The summed E-state index contributed by atoms with van der Waals surface area (Å²) in [6.07, 6.45) is 5.83. The van der Waals surface area contributed by atoms with Crippen molar-refractivity contribution in [1.82, 2.24) is 15.5 Å². The molecule has 1 aliphatic heterocycles. The van der Waals surface area contributed by atoms with Crippen molar-refractivity contribution in [1.29, 1.82) is 0 Å². The Labute approximate surface area is 151 Å². The maximum atomic E-state index is 12.6. The molecular weight excluding hydrogens is 332 g/mol. The fraction of sp³-hybridized carbons (Fsp3) is 0.421. The zero-order chi connectivity index (χ0) is 18.1. The predicted molar refractivity (Wildman–Crippen MR) is 96.4 cm³/mol. The minimum absolute atomic E-state index is 0.241. The summed E-state index contributed by atoms with van der Waals surface area (Å²) in [6.45, 7) is 1.00. The lowest BCUT2D eigenvalue weighted by Gasteiger charge is -2.26. The highest BCUT2D eigenvalue weighted by Crippen LogP contribution is 2.37. The van der Waals surface area contributed by atoms with Crippen LogP contribution in [0, 0.1) is 0 Å². The average Bonchev–Trinajstić information content (AvgIpc) is 3.20. The lowest BCUT2D eigenvalue weighted by molar-refractivity contribution is -0.139. The zero-order valence-electron chi connectivity index (χ0n) is 14.4. The molecule has 0 radical (unpaired) electrons. The molecule has 7 heteroatoms. The predicted octanol–water partition coefficient (Wildman–Crippen LogP) is 1.92. The summed E-state index contributed by atoms with van der Waals surface area (Å²) >= 11 is 0. The van der Waals surface area contributed by atoms with Gasteiger partial charge in [-0.2, -0.15) is 5.10 Å². The summed E-state index contributed by atoms with van der Waals surface area (Å²) in [7, 11) is 0. The molecule has 0 saturated heterocycles. The van der Waals surface area contributed by atoms with Crippen LogP contribution < -0.4 is 10.2 Å². The van der Waals surface area contributed by atoms with Gasteiger partial charge in [0.1, 0.15) is 11.7 Å². The standard InChI is InChI=1S/C19H22N4O3/c24-18(17-14(10-20-22-17)12-5-3-6-12)21-15(19(25)26)11-23-9-8-13-4-1-2-7-16(13)23/h1-2,4,7,10,12,15H,3,5-6,8-9,11H2,(H,20,22)(H,21,24)(H,25,26). The van der Waals surface area contributed by atoms with Gasteiger partial charge < -0.3 is 15.3 Å². The molecule has 2 heterocycles. The second-order valence-corrected chi connectivity index (χ2v) is 7.02. The van der Waals surface area contributed by atoms with Gasteiger partial charge in [0, 0.05) is 24.3 Å². The third-order valence-electron chi connectivity index (χ3n) is 5.43. The van der Waals surface area contributed by atoms with Gasteiger partial charge in [-0.15, -0.1) is 0 Å². The molecule has 4 rings (SSSR count). The molecule has 1 fully saturated rings. The van der Waals surface area contributed by atoms with E-state index in [9.17, 15) is 14.7 Å². The summed E-state index contributed by atoms with van der Waals surface area (Å²) in [5.74, 6) is -1.08. The number of para-hydroxylation sites is 1. The lowest BCUT2D eigenvalue weighted by atomic mass is 9.80. The molecule has 1 aromatic carbocycles. The molecule has 1 unspecified atom stereocenters. The van der Waals surface area contributed by atoms with Crippen molar-refractivity contribution >= 4 is 17.6 Å². The first-order valence-electron chi connectivity index (χ1n) is 9.03. The maximum Gasteiger partial charge on any atom is 0.328 e. The van der Waals surface area contributed by atoms with Gasteiger partial charge in [-0.1, -0.05) is 24.6 Å². The number of nitrogens with one attached hydrogen (secondary N) is 2. The van der Waals surface area contributed by atoms with E-state index >= 15 is 0 Å². The Morgan fingerprint density at radius 1 is 1.35 bits per heavy atom. The van der Waals surface area contributed by atoms with E-state index in [-0.39, 0.29) is 6.54 Å². The number of nitrogens with zero attached hydrogens (tertiary/aromatic N) is 2. The highest BCUT2D eigenvalue weighted by atomic mass is 16.4. The number of hydrogen-bond acceptors (Lipinski definition) is 4. The van der Waals surface area contributed by atoms with Crippen LogP contribution in [0.25, 0.3) is 0 Å². The van der Waals surface area contributed by atoms with Gasteiger partial charge in [-0.25, -0.2) is 4.79 Å². The Hall–Kier alpha value is -2.83. The number of amides is 1. The quantitative estimate of drug-likeness (QED) is 0.736. The highest BCUT2D eigenvalue weighted by Gasteiger charge is 2.30. The van der Waals surface area contributed by atoms with Crippen molar-refractivity contribution in [3.63, 3.8) is 0 Å². The normalized spacial score (nSPS) is 17.5. The number of benzene rings is 1. The number of hydrogen-bond donors (Lipinski definition) is 3. The van der Waals surface area contributed by atoms with Crippen molar-refractivity contribution in [3.05, 3.63) is 47.3 Å². The molecule has 1 saturated carbocycles. The van der Waals surface area contributed by atoms with Crippen LogP contribution >= 0.6 is 0 Å². The molecule has 2 aliphatic rings. The molecule has 3 N–H and O–H groups in total. The Kier molecular flexibility index (Phi) is 4.36. The molecule has 1 amide bonds. The van der Waals surface area contributed by atoms with Crippen molar-refractivity contribution in [2.45, 2.75) is 37.6 Å². The molecule has 0 spiro atoms. The molecule has 136 valence electrons. The third kappa shape index (κ3) is 3.05. The lowest BCUT2D eigenvalue weighted by Crippen LogP contribution is -2.48. The third-order valence-corrected chi connectivity index (χ3v) is 5.43. The van der Waals surface area contributed by atoms with E-state index in [2.05, 4.69) is 21.6 Å². The van der Waals surface area contributed by atoms with E-state index < -0.39 is 17.9 Å². The Morgan fingerprint density at radius 3 is 2.88 bits per heavy atom. The highest BCUT2D eigenvalue weighted by molar-refractivity contribution is 5.96. The topological polar surface area (TPSA) is 98.3 Å². The molecule has 7 nitrogen and oxygen atoms in total. The minimum atomic E-state index is -1.03. The molecule has 0 bridgehead atoms. The summed E-state index contributed by atoms with van der Waals surface area (Å²) in [4.78, 5) is 26.4. The number of H-pyrrole nitrogens is 1. The van der Waals surface area contributed by atoms with Gasteiger partial charge in [-0.3, -0.25) is 9.89 Å². The number of carbonyl (C=O) groups excluding carboxylic acids is 1. The van der Waals surface area contributed by atoms with Crippen LogP contribution in [-0.4, -0.2) is 46.3 Å². The molecule has 1 atom stereocenters. The number of carbonyl (C=O) groups is 2. The van der Waals surface area contributed by atoms with Crippen LogP contribution in [0.1, 0.15) is 46.8 Å². The van der Waals surface area contributed by atoms with Crippen molar-refractivity contribution < 1.29 is 14.7 Å². The van der Waals surface area contributed by atoms with E-state index in [1.165, 1.54) is 5.56 Å². The molecule has 1 aliphatic carbocycles. The van der Waals surface area contributed by atoms with Crippen LogP contribution in [0.5, 0.6) is 0 Å². The fourth-order valence-corrected chi connectivity index (χ4v) is 3.74. The van der Waals surface area contributed by atoms with Crippen LogP contribution in [0.3, 0.4) is 0 Å². The molecule has 1 aromatic heterocycles. The molecule has 2 aromatic rings. The number of carboxylic acids is 1. The fourth-order valence-electron chi connectivity index (χ4n) is 3.74. The Bertz CT molecular complexity index is 828. The van der Waals surface area contributed by atoms with Crippen molar-refractivity contribution in [2.75, 3.05) is 18.0 Å². The van der Waals surface area contributed by atoms with Gasteiger partial charge in [0.15, 0.2) is 0 Å². The number of aromatic amines is 1. The van der Waals surface area contributed by atoms with Crippen molar-refractivity contribution in [2.24, 2.45) is 0 Å². The number of carboxylic acid groups (broad SMARTS) is 1. The van der Waals surface area contributed by atoms with Gasteiger partial charge in [0.2, 0.25) is 0 Å². The second kappa shape index (κ2) is 6.82. The van der Waals surface area contributed by atoms with E-state index in [0.717, 1.165) is 43.5 Å². The number of rotatable bonds is 6. The number of fused-ring (bicyclic) bond motifs is 1. The van der Waals surface area contributed by atoms with Gasteiger partial charge in [-0.05, 0) is 36.8 Å². The summed E-state index contributed by atoms with van der Waals surface area (Å²) in [6, 6.07) is 7.00. The summed E-state index contributed by atoms with van der Waals surface area (Å²) in [5.41, 5.74) is 3.54. The second-order valence-electron chi connectivity index (χ2n) is 7.02. The van der Waals surface area contributed by atoms with Gasteiger partial charge in [0.05, 0.1) is 6.20 Å². The zero-order valence-corrected chi connectivity index (χ0v) is 14.4. The smallest absolute Gasteiger partial charge is 0.328 e. The maximum absolute atomic E-state index is 12.6. The average molecular weight is 354 g/mol. The van der Waals surface area contributed by atoms with Crippen LogP contribution in [0.2, 0.25) is 0 Å². The Balaban J connectivity index is 1.47. The van der Waals surface area contributed by atoms with E-state index in [1.807, 2.05) is 23.1 Å². The molecule has 26 heavy (non-hydrogen) atoms. The SMILES string of the molecule is O=C(NC(CN1CCc2ccccc21)C(=O)O)c1[nH]ncc1C1CCC1. The first-order valence-corrected chi connectivity index (χ1v) is 9.03. The van der Waals surface area contributed by atoms with Crippen LogP contribution in [0.15, 0.2) is 30.5 Å². The monoisotopic (exact) mass is 354 g/mol. The summed E-state index contributed by atoms with van der Waals surface area (Å²) in [5, 5.41) is 19.0. The van der Waals surface area contributed by atoms with Crippen molar-refractivity contribution in [3.8, 4) is 0 Å². The van der Waals surface area contributed by atoms with Gasteiger partial charge >= 0.3 is 5.97 Å². The van der Waals surface area contributed by atoms with E-state index in [4.69, 9.17) is 0 Å². The molecular formula is C19H22N4O3. The minimum Gasteiger partial charge on any atom is -0.480 e. The van der Waals surface area contributed by atoms with Gasteiger partial charge in [0.25, 0.3) is 5.91 Å². The first kappa shape index (κ1) is 16.6. The summed E-state index contributed by atoms with van der Waals surface area (Å²) < 4.78 is 0. The Morgan fingerprint density at radius 2 is 2.15 bits per heavy atom. The number of aromatic nitrogens is 2. The number of anilines is 1. The van der Waals surface area contributed by atoms with E-state index in [0.29, 0.717) is 11.6 Å². The van der Waals surface area contributed by atoms with Crippen LogP contribution in [-0.2, 0) is 11.2 Å². The largest absolute Gasteiger partial charge is 0.480 e.